The largest absolute Gasteiger partial charge is 0.489 e. The van der Waals surface area contributed by atoms with Crippen LogP contribution < -0.4 is 4.74 Å². The fourth-order valence-electron chi connectivity index (χ4n) is 5.31. The number of hydrogen-bond donors (Lipinski definition) is 0. The number of carbonyl (C=O) groups is 3. The molecule has 0 radical (unpaired) electrons. The number of hydrogen-bond acceptors (Lipinski definition) is 4. The minimum absolute atomic E-state index is 0.179. The Balaban J connectivity index is 1.45. The summed E-state index contributed by atoms with van der Waals surface area (Å²) in [6.45, 7) is 1.83. The molecular formula is C29H25N3O4. The average molecular weight is 480 g/mol. The standard InChI is InChI=1S/C29H25N3O4/c1-30-28(34)24-15-31(29(30)35)16-26-27(24)23-13-22(36-18-21-5-3-2-4-6-21)11-12-25(23)32(26)14-19-7-9-20(17-33)10-8-19/h2-13,17,24H,14-16,18H2,1H3. The fourth-order valence-corrected chi connectivity index (χ4v) is 5.31. The lowest BCUT2D eigenvalue weighted by molar-refractivity contribution is -0.132. The fraction of sp³-hybridized carbons (Fsp3) is 0.207. The zero-order chi connectivity index (χ0) is 24.8. The van der Waals surface area contributed by atoms with Gasteiger partial charge in [-0.2, -0.15) is 0 Å². The molecule has 1 unspecified atom stereocenters. The number of ether oxygens (including phenoxy) is 1. The Morgan fingerprint density at radius 3 is 2.50 bits per heavy atom. The van der Waals surface area contributed by atoms with Crippen LogP contribution in [0.1, 0.15) is 38.7 Å². The van der Waals surface area contributed by atoms with E-state index in [1.165, 1.54) is 4.90 Å². The van der Waals surface area contributed by atoms with Crippen LogP contribution in [0.5, 0.6) is 5.75 Å². The van der Waals surface area contributed by atoms with E-state index in [0.29, 0.717) is 31.8 Å². The topological polar surface area (TPSA) is 71.8 Å². The molecule has 1 fully saturated rings. The van der Waals surface area contributed by atoms with Crippen molar-refractivity contribution in [3.05, 3.63) is 101 Å². The number of imide groups is 1. The van der Waals surface area contributed by atoms with E-state index in [4.69, 9.17) is 4.74 Å². The molecule has 2 aliphatic heterocycles. The molecule has 36 heavy (non-hydrogen) atoms. The van der Waals surface area contributed by atoms with E-state index in [0.717, 1.165) is 45.3 Å². The lowest BCUT2D eigenvalue weighted by atomic mass is 9.89. The molecule has 1 atom stereocenters. The van der Waals surface area contributed by atoms with Crippen molar-refractivity contribution >= 4 is 29.1 Å². The van der Waals surface area contributed by atoms with Crippen molar-refractivity contribution in [2.45, 2.75) is 25.6 Å². The summed E-state index contributed by atoms with van der Waals surface area (Å²) in [6.07, 6.45) is 0.829. The highest BCUT2D eigenvalue weighted by Crippen LogP contribution is 2.41. The molecular weight excluding hydrogens is 454 g/mol. The first-order valence-corrected chi connectivity index (χ1v) is 12.0. The number of amides is 3. The van der Waals surface area contributed by atoms with Gasteiger partial charge in [0.2, 0.25) is 5.91 Å². The maximum atomic E-state index is 13.2. The number of fused-ring (bicyclic) bond motifs is 6. The van der Waals surface area contributed by atoms with Crippen LogP contribution in [0.4, 0.5) is 4.79 Å². The van der Waals surface area contributed by atoms with E-state index in [1.807, 2.05) is 60.7 Å². The predicted octanol–water partition coefficient (Wildman–Crippen LogP) is 4.57. The summed E-state index contributed by atoms with van der Waals surface area (Å²) in [4.78, 5) is 40.0. The Bertz CT molecular complexity index is 1490. The van der Waals surface area contributed by atoms with Crippen LogP contribution in [0.25, 0.3) is 10.9 Å². The van der Waals surface area contributed by atoms with Crippen LogP contribution in [0.3, 0.4) is 0 Å². The minimum atomic E-state index is -0.415. The summed E-state index contributed by atoms with van der Waals surface area (Å²) >= 11 is 0. The molecule has 180 valence electrons. The van der Waals surface area contributed by atoms with Gasteiger partial charge in [-0.15, -0.1) is 0 Å². The molecule has 7 heteroatoms. The van der Waals surface area contributed by atoms with Crippen LogP contribution in [0, 0.1) is 0 Å². The molecule has 0 saturated carbocycles. The summed E-state index contributed by atoms with van der Waals surface area (Å²) in [5, 5.41) is 0.973. The van der Waals surface area contributed by atoms with Crippen LogP contribution in [-0.4, -0.2) is 46.2 Å². The molecule has 0 spiro atoms. The van der Waals surface area contributed by atoms with Gasteiger partial charge in [0.05, 0.1) is 12.5 Å². The van der Waals surface area contributed by atoms with Gasteiger partial charge in [-0.25, -0.2) is 4.79 Å². The van der Waals surface area contributed by atoms with Crippen molar-refractivity contribution < 1.29 is 19.1 Å². The smallest absolute Gasteiger partial charge is 0.326 e. The van der Waals surface area contributed by atoms with Gasteiger partial charge >= 0.3 is 6.03 Å². The molecule has 3 heterocycles. The Morgan fingerprint density at radius 1 is 0.972 bits per heavy atom. The highest BCUT2D eigenvalue weighted by molar-refractivity contribution is 6.04. The van der Waals surface area contributed by atoms with Crippen LogP contribution >= 0.6 is 0 Å². The number of aromatic nitrogens is 1. The van der Waals surface area contributed by atoms with Crippen molar-refractivity contribution in [3.63, 3.8) is 0 Å². The highest BCUT2D eigenvalue weighted by Gasteiger charge is 2.44. The van der Waals surface area contributed by atoms with Gasteiger partial charge in [0.25, 0.3) is 0 Å². The quantitative estimate of drug-likeness (QED) is 0.380. The summed E-state index contributed by atoms with van der Waals surface area (Å²) in [5.41, 5.74) is 5.66. The Kier molecular flexibility index (Phi) is 5.33. The zero-order valence-corrected chi connectivity index (χ0v) is 19.9. The highest BCUT2D eigenvalue weighted by atomic mass is 16.5. The van der Waals surface area contributed by atoms with Crippen LogP contribution in [0.2, 0.25) is 0 Å². The maximum Gasteiger partial charge on any atom is 0.326 e. The van der Waals surface area contributed by atoms with Gasteiger partial charge in [0, 0.05) is 42.3 Å². The predicted molar refractivity (Wildman–Crippen MR) is 135 cm³/mol. The second-order valence-corrected chi connectivity index (χ2v) is 9.37. The summed E-state index contributed by atoms with van der Waals surface area (Å²) in [7, 11) is 1.55. The van der Waals surface area contributed by atoms with Crippen molar-refractivity contribution in [2.24, 2.45) is 0 Å². The number of urea groups is 1. The second kappa shape index (κ2) is 8.68. The Hall–Kier alpha value is -4.39. The van der Waals surface area contributed by atoms with E-state index in [2.05, 4.69) is 4.57 Å². The van der Waals surface area contributed by atoms with Gasteiger partial charge in [-0.05, 0) is 34.9 Å². The van der Waals surface area contributed by atoms with Gasteiger partial charge in [-0.1, -0.05) is 54.6 Å². The summed E-state index contributed by atoms with van der Waals surface area (Å²) in [5.74, 6) is 0.140. The molecule has 6 rings (SSSR count). The van der Waals surface area contributed by atoms with Crippen LogP contribution in [-0.2, 0) is 24.5 Å². The molecule has 0 aliphatic carbocycles. The molecule has 4 aromatic rings. The van der Waals surface area contributed by atoms with Gasteiger partial charge in [0.1, 0.15) is 18.6 Å². The zero-order valence-electron chi connectivity index (χ0n) is 19.9. The third kappa shape index (κ3) is 3.64. The number of rotatable bonds is 6. The Morgan fingerprint density at radius 2 is 1.75 bits per heavy atom. The molecule has 0 N–H and O–H groups in total. The van der Waals surface area contributed by atoms with Gasteiger partial charge in [-0.3, -0.25) is 14.5 Å². The van der Waals surface area contributed by atoms with E-state index < -0.39 is 5.92 Å². The van der Waals surface area contributed by atoms with Crippen molar-refractivity contribution in [3.8, 4) is 5.75 Å². The number of nitrogens with zero attached hydrogens (tertiary/aromatic N) is 3. The molecule has 3 amide bonds. The van der Waals surface area contributed by atoms with Crippen molar-refractivity contribution in [2.75, 3.05) is 13.6 Å². The molecule has 2 bridgehead atoms. The number of carbonyl (C=O) groups excluding carboxylic acids is 3. The molecule has 2 aliphatic rings. The monoisotopic (exact) mass is 479 g/mol. The molecule has 3 aromatic carbocycles. The first-order valence-electron chi connectivity index (χ1n) is 12.0. The average Bonchev–Trinajstić information content (AvgIpc) is 3.23. The lowest BCUT2D eigenvalue weighted by Crippen LogP contribution is -2.56. The summed E-state index contributed by atoms with van der Waals surface area (Å²) in [6, 6.07) is 23.2. The third-order valence-corrected chi connectivity index (χ3v) is 7.17. The van der Waals surface area contributed by atoms with Crippen molar-refractivity contribution in [1.82, 2.24) is 14.4 Å². The maximum absolute atomic E-state index is 13.2. The lowest BCUT2D eigenvalue weighted by Gasteiger charge is -2.41. The number of likely N-dealkylation sites (N-methyl/N-ethyl adjacent to an activating group) is 1. The first kappa shape index (κ1) is 22.1. The first-order chi connectivity index (χ1) is 17.5. The van der Waals surface area contributed by atoms with Crippen molar-refractivity contribution in [1.29, 1.82) is 0 Å². The summed E-state index contributed by atoms with van der Waals surface area (Å²) < 4.78 is 8.30. The Labute approximate surface area is 208 Å². The van der Waals surface area contributed by atoms with E-state index in [-0.39, 0.29) is 11.9 Å². The van der Waals surface area contributed by atoms with E-state index in [9.17, 15) is 14.4 Å². The molecule has 7 nitrogen and oxygen atoms in total. The van der Waals surface area contributed by atoms with Gasteiger partial charge < -0.3 is 14.2 Å². The number of benzene rings is 3. The van der Waals surface area contributed by atoms with E-state index >= 15 is 0 Å². The van der Waals surface area contributed by atoms with Gasteiger partial charge in [0.15, 0.2) is 0 Å². The third-order valence-electron chi connectivity index (χ3n) is 7.17. The molecule has 1 saturated heterocycles. The molecule has 1 aromatic heterocycles. The minimum Gasteiger partial charge on any atom is -0.489 e. The number of aldehydes is 1. The second-order valence-electron chi connectivity index (χ2n) is 9.37. The van der Waals surface area contributed by atoms with Crippen LogP contribution in [0.15, 0.2) is 72.8 Å². The van der Waals surface area contributed by atoms with E-state index in [1.54, 1.807) is 24.1 Å². The normalized spacial score (nSPS) is 16.9. The SMILES string of the molecule is CN1C(=O)C2CN(Cc3c2c2cc(OCc4ccccc4)ccc2n3Cc2ccc(C=O)cc2)C1=O.